The molecule has 0 radical (unpaired) electrons. The number of nitrogens with zero attached hydrogens (tertiary/aromatic N) is 3. The number of carbonyl (C=O) groups is 2. The maximum absolute atomic E-state index is 12.3. The number of rotatable bonds is 4. The molecule has 1 fully saturated rings. The van der Waals surface area contributed by atoms with Crippen LogP contribution in [0.15, 0.2) is 18.5 Å². The Labute approximate surface area is 115 Å². The summed E-state index contributed by atoms with van der Waals surface area (Å²) in [6, 6.07) is 0. The smallest absolute Gasteiger partial charge is 0.307 e. The fraction of sp³-hybridized carbons (Fsp3) is 0.538. The van der Waals surface area contributed by atoms with Gasteiger partial charge < -0.3 is 15.0 Å². The van der Waals surface area contributed by atoms with Crippen molar-refractivity contribution < 1.29 is 14.7 Å². The van der Waals surface area contributed by atoms with E-state index < -0.39 is 17.8 Å². The summed E-state index contributed by atoms with van der Waals surface area (Å²) in [6.07, 6.45) is 6.22. The van der Waals surface area contributed by atoms with Crippen molar-refractivity contribution in [1.82, 2.24) is 20.1 Å². The topological polar surface area (TPSA) is 97.1 Å². The standard InChI is InChI=1S/C13H16N4O3/c1-17-6-15-16-9(17)5-14-12(18)10-7-2-3-8(4-7)11(10)13(19)20/h2-3,6-8,10-11H,4-5H2,1H3,(H,14,18)(H,19,20). The summed E-state index contributed by atoms with van der Waals surface area (Å²) in [6.45, 7) is 0.263. The third-order valence-corrected chi connectivity index (χ3v) is 4.27. The first-order chi connectivity index (χ1) is 9.58. The molecule has 1 aromatic heterocycles. The van der Waals surface area contributed by atoms with Gasteiger partial charge >= 0.3 is 5.97 Å². The van der Waals surface area contributed by atoms with E-state index in [2.05, 4.69) is 15.5 Å². The number of fused-ring (bicyclic) bond motifs is 2. The summed E-state index contributed by atoms with van der Waals surface area (Å²) in [4.78, 5) is 23.6. The average Bonchev–Trinajstić information content (AvgIpc) is 3.10. The predicted octanol–water partition coefficient (Wildman–Crippen LogP) is -0.0458. The molecule has 0 spiro atoms. The summed E-state index contributed by atoms with van der Waals surface area (Å²) in [5.41, 5.74) is 0. The van der Waals surface area contributed by atoms with Crippen molar-refractivity contribution in [1.29, 1.82) is 0 Å². The molecule has 2 N–H and O–H groups in total. The van der Waals surface area contributed by atoms with Gasteiger partial charge in [-0.1, -0.05) is 12.2 Å². The zero-order valence-corrected chi connectivity index (χ0v) is 11.1. The van der Waals surface area contributed by atoms with Crippen molar-refractivity contribution >= 4 is 11.9 Å². The first kappa shape index (κ1) is 12.8. The number of aliphatic carboxylic acids is 1. The van der Waals surface area contributed by atoms with Crippen LogP contribution in [0.4, 0.5) is 0 Å². The van der Waals surface area contributed by atoms with E-state index in [0.29, 0.717) is 5.82 Å². The van der Waals surface area contributed by atoms with Crippen LogP contribution >= 0.6 is 0 Å². The molecule has 4 unspecified atom stereocenters. The predicted molar refractivity (Wildman–Crippen MR) is 68.2 cm³/mol. The highest BCUT2D eigenvalue weighted by atomic mass is 16.4. The molecule has 2 aliphatic carbocycles. The summed E-state index contributed by atoms with van der Waals surface area (Å²) in [5, 5.41) is 19.7. The molecule has 7 nitrogen and oxygen atoms in total. The number of allylic oxidation sites excluding steroid dienone is 2. The zero-order valence-electron chi connectivity index (χ0n) is 11.1. The Morgan fingerprint density at radius 2 is 2.10 bits per heavy atom. The van der Waals surface area contributed by atoms with Crippen molar-refractivity contribution in [3.05, 3.63) is 24.3 Å². The normalized spacial score (nSPS) is 30.6. The van der Waals surface area contributed by atoms with Gasteiger partial charge in [0.1, 0.15) is 6.33 Å². The van der Waals surface area contributed by atoms with Gasteiger partial charge in [0.2, 0.25) is 5.91 Å². The van der Waals surface area contributed by atoms with Crippen LogP contribution in [0.5, 0.6) is 0 Å². The highest BCUT2D eigenvalue weighted by Gasteiger charge is 2.51. The lowest BCUT2D eigenvalue weighted by Gasteiger charge is -2.23. The molecule has 1 heterocycles. The Kier molecular flexibility index (Phi) is 3.04. The molecule has 0 aromatic carbocycles. The Bertz CT molecular complexity index is 580. The Morgan fingerprint density at radius 1 is 1.40 bits per heavy atom. The molecule has 1 aromatic rings. The third-order valence-electron chi connectivity index (χ3n) is 4.27. The second kappa shape index (κ2) is 4.73. The maximum Gasteiger partial charge on any atom is 0.307 e. The van der Waals surface area contributed by atoms with Crippen LogP contribution in [-0.4, -0.2) is 31.7 Å². The van der Waals surface area contributed by atoms with Gasteiger partial charge in [0.15, 0.2) is 5.82 Å². The fourth-order valence-electron chi connectivity index (χ4n) is 3.27. The molecule has 20 heavy (non-hydrogen) atoms. The average molecular weight is 276 g/mol. The van der Waals surface area contributed by atoms with Crippen molar-refractivity contribution in [2.75, 3.05) is 0 Å². The van der Waals surface area contributed by atoms with Gasteiger partial charge in [-0.05, 0) is 18.3 Å². The van der Waals surface area contributed by atoms with Crippen LogP contribution in [0.2, 0.25) is 0 Å². The van der Waals surface area contributed by atoms with Crippen LogP contribution in [0.25, 0.3) is 0 Å². The lowest BCUT2D eigenvalue weighted by atomic mass is 9.82. The number of nitrogens with one attached hydrogen (secondary N) is 1. The van der Waals surface area contributed by atoms with Crippen LogP contribution < -0.4 is 5.32 Å². The largest absolute Gasteiger partial charge is 0.481 e. The monoisotopic (exact) mass is 276 g/mol. The van der Waals surface area contributed by atoms with Crippen molar-refractivity contribution in [3.63, 3.8) is 0 Å². The van der Waals surface area contributed by atoms with E-state index in [1.165, 1.54) is 0 Å². The number of aromatic nitrogens is 3. The molecule has 1 saturated carbocycles. The molecular weight excluding hydrogens is 260 g/mol. The summed E-state index contributed by atoms with van der Waals surface area (Å²) >= 11 is 0. The first-order valence-electron chi connectivity index (χ1n) is 6.59. The van der Waals surface area contributed by atoms with Crippen molar-refractivity contribution in [3.8, 4) is 0 Å². The van der Waals surface area contributed by atoms with Gasteiger partial charge in [-0.2, -0.15) is 0 Å². The van der Waals surface area contributed by atoms with E-state index >= 15 is 0 Å². The minimum Gasteiger partial charge on any atom is -0.481 e. The Balaban J connectivity index is 1.69. The highest BCUT2D eigenvalue weighted by Crippen LogP contribution is 2.48. The Morgan fingerprint density at radius 3 is 2.70 bits per heavy atom. The van der Waals surface area contributed by atoms with Crippen LogP contribution in [-0.2, 0) is 23.2 Å². The van der Waals surface area contributed by atoms with E-state index in [4.69, 9.17) is 0 Å². The molecule has 2 bridgehead atoms. The van der Waals surface area contributed by atoms with Gasteiger partial charge in [-0.3, -0.25) is 9.59 Å². The van der Waals surface area contributed by atoms with Gasteiger partial charge in [-0.25, -0.2) is 0 Å². The quantitative estimate of drug-likeness (QED) is 0.752. The molecule has 0 saturated heterocycles. The minimum atomic E-state index is -0.888. The number of carbonyl (C=O) groups excluding carboxylic acids is 1. The zero-order chi connectivity index (χ0) is 14.3. The molecule has 3 rings (SSSR count). The lowest BCUT2D eigenvalue weighted by Crippen LogP contribution is -2.40. The molecule has 1 amide bonds. The summed E-state index contributed by atoms with van der Waals surface area (Å²) < 4.78 is 1.72. The number of hydrogen-bond acceptors (Lipinski definition) is 4. The minimum absolute atomic E-state index is 0.0110. The van der Waals surface area contributed by atoms with E-state index in [1.54, 1.807) is 17.9 Å². The second-order valence-corrected chi connectivity index (χ2v) is 5.41. The van der Waals surface area contributed by atoms with Gasteiger partial charge in [0.05, 0.1) is 18.4 Å². The van der Waals surface area contributed by atoms with Crippen LogP contribution in [0, 0.1) is 23.7 Å². The molecule has 106 valence electrons. The van der Waals surface area contributed by atoms with E-state index in [-0.39, 0.29) is 24.3 Å². The molecule has 7 heteroatoms. The highest BCUT2D eigenvalue weighted by molar-refractivity contribution is 5.86. The molecule has 4 atom stereocenters. The fourth-order valence-corrected chi connectivity index (χ4v) is 3.27. The number of hydrogen-bond donors (Lipinski definition) is 2. The Hall–Kier alpha value is -2.18. The first-order valence-corrected chi connectivity index (χ1v) is 6.59. The number of aryl methyl sites for hydroxylation is 1. The van der Waals surface area contributed by atoms with E-state index in [1.807, 2.05) is 12.2 Å². The van der Waals surface area contributed by atoms with E-state index in [9.17, 15) is 14.7 Å². The third kappa shape index (κ3) is 1.99. The van der Waals surface area contributed by atoms with E-state index in [0.717, 1.165) is 6.42 Å². The van der Waals surface area contributed by atoms with Crippen LogP contribution in [0.3, 0.4) is 0 Å². The molecular formula is C13H16N4O3. The number of amides is 1. The van der Waals surface area contributed by atoms with Gasteiger partial charge in [0, 0.05) is 7.05 Å². The van der Waals surface area contributed by atoms with Crippen molar-refractivity contribution in [2.45, 2.75) is 13.0 Å². The second-order valence-electron chi connectivity index (χ2n) is 5.41. The number of carboxylic acids is 1. The SMILES string of the molecule is Cn1cnnc1CNC(=O)C1C2C=CC(C2)C1C(=O)O. The van der Waals surface area contributed by atoms with Gasteiger partial charge in [-0.15, -0.1) is 10.2 Å². The maximum atomic E-state index is 12.3. The lowest BCUT2D eigenvalue weighted by molar-refractivity contribution is -0.147. The summed E-state index contributed by atoms with van der Waals surface area (Å²) in [5.74, 6) is -1.51. The number of carboxylic acid groups (broad SMARTS) is 1. The van der Waals surface area contributed by atoms with Gasteiger partial charge in [0.25, 0.3) is 0 Å². The van der Waals surface area contributed by atoms with Crippen molar-refractivity contribution in [2.24, 2.45) is 30.7 Å². The molecule has 0 aliphatic heterocycles. The summed E-state index contributed by atoms with van der Waals surface area (Å²) in [7, 11) is 1.79. The molecule has 2 aliphatic rings. The van der Waals surface area contributed by atoms with Crippen LogP contribution in [0.1, 0.15) is 12.2 Å².